The molecular weight excluding hydrogens is 348 g/mol. The van der Waals surface area contributed by atoms with Crippen LogP contribution in [0.5, 0.6) is 5.75 Å². The first-order valence-corrected chi connectivity index (χ1v) is 9.97. The SMILES string of the molecule is CCC(CC)CS(=O)(=O)N1CCNCC1c1ccccc1OC.Cl. The molecule has 138 valence electrons. The van der Waals surface area contributed by atoms with E-state index >= 15 is 0 Å². The van der Waals surface area contributed by atoms with Gasteiger partial charge in [-0.1, -0.05) is 44.9 Å². The van der Waals surface area contributed by atoms with E-state index in [2.05, 4.69) is 19.2 Å². The predicted molar refractivity (Wildman–Crippen MR) is 100 cm³/mol. The number of sulfonamides is 1. The van der Waals surface area contributed by atoms with Gasteiger partial charge in [0.2, 0.25) is 10.0 Å². The Morgan fingerprint density at radius 3 is 2.58 bits per heavy atom. The first-order chi connectivity index (χ1) is 11.0. The van der Waals surface area contributed by atoms with E-state index in [0.29, 0.717) is 19.6 Å². The van der Waals surface area contributed by atoms with Gasteiger partial charge < -0.3 is 10.1 Å². The summed E-state index contributed by atoms with van der Waals surface area (Å²) in [7, 11) is -1.67. The van der Waals surface area contributed by atoms with Crippen LogP contribution in [-0.2, 0) is 10.0 Å². The maximum Gasteiger partial charge on any atom is 0.215 e. The summed E-state index contributed by atoms with van der Waals surface area (Å²) >= 11 is 0. The van der Waals surface area contributed by atoms with Gasteiger partial charge in [-0.05, 0) is 12.0 Å². The van der Waals surface area contributed by atoms with Crippen LogP contribution in [0, 0.1) is 5.92 Å². The quantitative estimate of drug-likeness (QED) is 0.794. The second-order valence-corrected chi connectivity index (χ2v) is 8.00. The average molecular weight is 377 g/mol. The summed E-state index contributed by atoms with van der Waals surface area (Å²) in [6.07, 6.45) is 1.78. The van der Waals surface area contributed by atoms with Gasteiger partial charge in [-0.2, -0.15) is 4.31 Å². The molecule has 0 spiro atoms. The molecule has 1 atom stereocenters. The van der Waals surface area contributed by atoms with E-state index in [-0.39, 0.29) is 30.1 Å². The Balaban J connectivity index is 0.00000288. The molecule has 1 aromatic carbocycles. The first kappa shape index (κ1) is 21.2. The monoisotopic (exact) mass is 376 g/mol. The van der Waals surface area contributed by atoms with E-state index in [1.165, 1.54) is 0 Å². The third-order valence-electron chi connectivity index (χ3n) is 4.65. The van der Waals surface area contributed by atoms with Gasteiger partial charge in [0.05, 0.1) is 18.9 Å². The van der Waals surface area contributed by atoms with Crippen LogP contribution in [0.15, 0.2) is 24.3 Å². The molecule has 1 aromatic rings. The van der Waals surface area contributed by atoms with Gasteiger partial charge in [0.15, 0.2) is 0 Å². The highest BCUT2D eigenvalue weighted by atomic mass is 35.5. The lowest BCUT2D eigenvalue weighted by Gasteiger charge is -2.36. The molecule has 1 fully saturated rings. The number of nitrogens with one attached hydrogen (secondary N) is 1. The van der Waals surface area contributed by atoms with Crippen LogP contribution >= 0.6 is 12.4 Å². The smallest absolute Gasteiger partial charge is 0.215 e. The average Bonchev–Trinajstić information content (AvgIpc) is 2.59. The summed E-state index contributed by atoms with van der Waals surface area (Å²) in [4.78, 5) is 0. The van der Waals surface area contributed by atoms with E-state index in [9.17, 15) is 8.42 Å². The van der Waals surface area contributed by atoms with Crippen molar-refractivity contribution in [3.05, 3.63) is 29.8 Å². The molecular formula is C17H29ClN2O3S. The molecule has 1 heterocycles. The highest BCUT2D eigenvalue weighted by Crippen LogP contribution is 2.32. The summed E-state index contributed by atoms with van der Waals surface area (Å²) in [5.74, 6) is 1.18. The number of ether oxygens (including phenoxy) is 1. The molecule has 0 aromatic heterocycles. The summed E-state index contributed by atoms with van der Waals surface area (Å²) in [6.45, 7) is 5.92. The highest BCUT2D eigenvalue weighted by Gasteiger charge is 2.35. The van der Waals surface area contributed by atoms with Crippen molar-refractivity contribution in [2.75, 3.05) is 32.5 Å². The van der Waals surface area contributed by atoms with Crippen molar-refractivity contribution in [1.82, 2.24) is 9.62 Å². The zero-order valence-corrected chi connectivity index (χ0v) is 16.3. The van der Waals surface area contributed by atoms with E-state index in [0.717, 1.165) is 24.2 Å². The van der Waals surface area contributed by atoms with Gasteiger partial charge in [-0.25, -0.2) is 8.42 Å². The minimum Gasteiger partial charge on any atom is -0.496 e. The number of halogens is 1. The summed E-state index contributed by atoms with van der Waals surface area (Å²) in [5, 5.41) is 3.31. The summed E-state index contributed by atoms with van der Waals surface area (Å²) < 4.78 is 33.0. The van der Waals surface area contributed by atoms with Crippen molar-refractivity contribution in [1.29, 1.82) is 0 Å². The first-order valence-electron chi connectivity index (χ1n) is 8.36. The van der Waals surface area contributed by atoms with Crippen LogP contribution in [-0.4, -0.2) is 45.2 Å². The van der Waals surface area contributed by atoms with Gasteiger partial charge >= 0.3 is 0 Å². The van der Waals surface area contributed by atoms with Crippen molar-refractivity contribution in [2.24, 2.45) is 5.92 Å². The molecule has 1 N–H and O–H groups in total. The minimum atomic E-state index is -3.29. The molecule has 5 nitrogen and oxygen atoms in total. The molecule has 0 saturated carbocycles. The fraction of sp³-hybridized carbons (Fsp3) is 0.647. The zero-order valence-electron chi connectivity index (χ0n) is 14.7. The number of hydrogen-bond donors (Lipinski definition) is 1. The van der Waals surface area contributed by atoms with Crippen LogP contribution < -0.4 is 10.1 Å². The van der Waals surface area contributed by atoms with Crippen LogP contribution in [0.4, 0.5) is 0 Å². The molecule has 0 amide bonds. The molecule has 0 radical (unpaired) electrons. The van der Waals surface area contributed by atoms with Crippen LogP contribution in [0.2, 0.25) is 0 Å². The number of para-hydroxylation sites is 1. The van der Waals surface area contributed by atoms with Crippen LogP contribution in [0.3, 0.4) is 0 Å². The Hall–Kier alpha value is -0.820. The lowest BCUT2D eigenvalue weighted by atomic mass is 10.0. The molecule has 0 aliphatic carbocycles. The number of methoxy groups -OCH3 is 1. The van der Waals surface area contributed by atoms with Crippen LogP contribution in [0.1, 0.15) is 38.3 Å². The molecule has 1 unspecified atom stereocenters. The van der Waals surface area contributed by atoms with Crippen molar-refractivity contribution >= 4 is 22.4 Å². The molecule has 24 heavy (non-hydrogen) atoms. The number of hydrogen-bond acceptors (Lipinski definition) is 4. The second kappa shape index (κ2) is 9.61. The molecule has 1 saturated heterocycles. The molecule has 2 rings (SSSR count). The summed E-state index contributed by atoms with van der Waals surface area (Å²) in [6, 6.07) is 7.46. The highest BCUT2D eigenvalue weighted by molar-refractivity contribution is 7.89. The number of piperazine rings is 1. The van der Waals surface area contributed by atoms with Crippen molar-refractivity contribution in [3.8, 4) is 5.75 Å². The topological polar surface area (TPSA) is 58.6 Å². The lowest BCUT2D eigenvalue weighted by molar-refractivity contribution is 0.262. The minimum absolute atomic E-state index is 0. The fourth-order valence-electron chi connectivity index (χ4n) is 3.14. The standard InChI is InChI=1S/C17H28N2O3S.ClH/c1-4-14(5-2)13-23(20,21)19-11-10-18-12-16(19)15-8-6-7-9-17(15)22-3;/h6-9,14,16,18H,4-5,10-13H2,1-3H3;1H. The molecule has 0 bridgehead atoms. The third kappa shape index (κ3) is 4.85. The maximum absolute atomic E-state index is 13.0. The summed E-state index contributed by atoms with van der Waals surface area (Å²) in [5.41, 5.74) is 0.926. The van der Waals surface area contributed by atoms with Crippen molar-refractivity contribution in [3.63, 3.8) is 0 Å². The Morgan fingerprint density at radius 1 is 1.29 bits per heavy atom. The normalized spacial score (nSPS) is 19.1. The lowest BCUT2D eigenvalue weighted by Crippen LogP contribution is -2.49. The molecule has 1 aliphatic rings. The Kier molecular flexibility index (Phi) is 8.50. The van der Waals surface area contributed by atoms with Crippen molar-refractivity contribution < 1.29 is 13.2 Å². The van der Waals surface area contributed by atoms with Gasteiger partial charge in [-0.15, -0.1) is 12.4 Å². The van der Waals surface area contributed by atoms with E-state index in [1.54, 1.807) is 11.4 Å². The molecule has 7 heteroatoms. The third-order valence-corrected chi connectivity index (χ3v) is 6.69. The Morgan fingerprint density at radius 2 is 1.96 bits per heavy atom. The van der Waals surface area contributed by atoms with E-state index in [1.807, 2.05) is 24.3 Å². The zero-order chi connectivity index (χ0) is 16.9. The van der Waals surface area contributed by atoms with Gasteiger partial charge in [0, 0.05) is 25.2 Å². The number of benzene rings is 1. The van der Waals surface area contributed by atoms with Gasteiger partial charge in [0.1, 0.15) is 5.75 Å². The fourth-order valence-corrected chi connectivity index (χ4v) is 5.35. The Labute approximate surface area is 152 Å². The van der Waals surface area contributed by atoms with E-state index in [4.69, 9.17) is 4.74 Å². The second-order valence-electron chi connectivity index (χ2n) is 6.03. The maximum atomic E-state index is 13.0. The van der Waals surface area contributed by atoms with Crippen molar-refractivity contribution in [2.45, 2.75) is 32.7 Å². The largest absolute Gasteiger partial charge is 0.496 e. The predicted octanol–water partition coefficient (Wildman–Crippen LogP) is 2.83. The number of rotatable bonds is 7. The van der Waals surface area contributed by atoms with Gasteiger partial charge in [0.25, 0.3) is 0 Å². The number of nitrogens with zero attached hydrogens (tertiary/aromatic N) is 1. The molecule has 1 aliphatic heterocycles. The van der Waals surface area contributed by atoms with Gasteiger partial charge in [-0.3, -0.25) is 0 Å². The Bertz CT molecular complexity index is 606. The van der Waals surface area contributed by atoms with E-state index < -0.39 is 10.0 Å². The van der Waals surface area contributed by atoms with Crippen LogP contribution in [0.25, 0.3) is 0 Å².